The lowest BCUT2D eigenvalue weighted by Gasteiger charge is -2.35. The van der Waals surface area contributed by atoms with Gasteiger partial charge >= 0.3 is 5.97 Å². The summed E-state index contributed by atoms with van der Waals surface area (Å²) >= 11 is 6.04. The summed E-state index contributed by atoms with van der Waals surface area (Å²) < 4.78 is 13.2. The predicted molar refractivity (Wildman–Crippen MR) is 73.8 cm³/mol. The smallest absolute Gasteiger partial charge is 0.304 e. The van der Waals surface area contributed by atoms with Gasteiger partial charge < -0.3 is 5.11 Å². The van der Waals surface area contributed by atoms with Crippen LogP contribution in [0.3, 0.4) is 0 Å². The fourth-order valence-corrected chi connectivity index (χ4v) is 1.93. The molecule has 0 radical (unpaired) electrons. The molecule has 1 rings (SSSR count). The average molecular weight is 288 g/mol. The van der Waals surface area contributed by atoms with Crippen molar-refractivity contribution in [2.45, 2.75) is 39.3 Å². The SMILES string of the molecule is CC(C)(C)N(CCC(=O)O)Cc1cc(F)ccc1Cl. The monoisotopic (exact) mass is 287 g/mol. The van der Waals surface area contributed by atoms with Crippen molar-refractivity contribution in [3.8, 4) is 0 Å². The minimum atomic E-state index is -0.848. The van der Waals surface area contributed by atoms with E-state index in [1.807, 2.05) is 25.7 Å². The van der Waals surface area contributed by atoms with Crippen molar-refractivity contribution < 1.29 is 14.3 Å². The van der Waals surface area contributed by atoms with Gasteiger partial charge in [-0.1, -0.05) is 11.6 Å². The molecule has 3 nitrogen and oxygen atoms in total. The first kappa shape index (κ1) is 15.9. The Morgan fingerprint density at radius 1 is 1.42 bits per heavy atom. The second kappa shape index (κ2) is 6.35. The summed E-state index contributed by atoms with van der Waals surface area (Å²) in [7, 11) is 0. The van der Waals surface area contributed by atoms with E-state index in [9.17, 15) is 9.18 Å². The fourth-order valence-electron chi connectivity index (χ4n) is 1.75. The molecule has 0 unspecified atom stereocenters. The summed E-state index contributed by atoms with van der Waals surface area (Å²) in [5.74, 6) is -1.19. The van der Waals surface area contributed by atoms with Gasteiger partial charge in [0.25, 0.3) is 0 Å². The molecule has 1 N–H and O–H groups in total. The van der Waals surface area contributed by atoms with Gasteiger partial charge in [0.2, 0.25) is 0 Å². The van der Waals surface area contributed by atoms with Crippen LogP contribution in [0.1, 0.15) is 32.8 Å². The summed E-state index contributed by atoms with van der Waals surface area (Å²) in [5.41, 5.74) is 0.451. The molecule has 0 saturated heterocycles. The van der Waals surface area contributed by atoms with Crippen LogP contribution in [0.5, 0.6) is 0 Å². The molecule has 0 aliphatic heterocycles. The normalized spacial score (nSPS) is 11.9. The first-order chi connectivity index (χ1) is 8.70. The Labute approximate surface area is 118 Å². The van der Waals surface area contributed by atoms with Gasteiger partial charge in [0.1, 0.15) is 5.82 Å². The largest absolute Gasteiger partial charge is 0.481 e. The Kier molecular flexibility index (Phi) is 5.32. The number of halogens is 2. The van der Waals surface area contributed by atoms with Crippen molar-refractivity contribution in [1.29, 1.82) is 0 Å². The highest BCUT2D eigenvalue weighted by Gasteiger charge is 2.22. The Hall–Kier alpha value is -1.13. The van der Waals surface area contributed by atoms with Crippen LogP contribution in [0.4, 0.5) is 4.39 Å². The Morgan fingerprint density at radius 2 is 2.05 bits per heavy atom. The van der Waals surface area contributed by atoms with Crippen LogP contribution < -0.4 is 0 Å². The second-order valence-corrected chi connectivity index (χ2v) is 5.88. The third kappa shape index (κ3) is 5.17. The molecule has 106 valence electrons. The molecular weight excluding hydrogens is 269 g/mol. The van der Waals surface area contributed by atoms with Crippen LogP contribution in [0, 0.1) is 5.82 Å². The third-order valence-corrected chi connectivity index (χ3v) is 3.28. The molecule has 0 aromatic heterocycles. The van der Waals surface area contributed by atoms with E-state index < -0.39 is 5.97 Å². The van der Waals surface area contributed by atoms with E-state index in [1.165, 1.54) is 18.2 Å². The minimum absolute atomic E-state index is 0.0458. The first-order valence-corrected chi connectivity index (χ1v) is 6.48. The Morgan fingerprint density at radius 3 is 2.58 bits per heavy atom. The van der Waals surface area contributed by atoms with Crippen molar-refractivity contribution in [3.05, 3.63) is 34.6 Å². The van der Waals surface area contributed by atoms with Crippen molar-refractivity contribution >= 4 is 17.6 Å². The number of nitrogens with zero attached hydrogens (tertiary/aromatic N) is 1. The molecule has 0 spiro atoms. The summed E-state index contributed by atoms with van der Waals surface area (Å²) in [4.78, 5) is 12.7. The highest BCUT2D eigenvalue weighted by molar-refractivity contribution is 6.31. The number of carboxylic acids is 1. The van der Waals surface area contributed by atoms with Crippen molar-refractivity contribution in [2.24, 2.45) is 0 Å². The zero-order valence-electron chi connectivity index (χ0n) is 11.4. The first-order valence-electron chi connectivity index (χ1n) is 6.11. The summed E-state index contributed by atoms with van der Waals surface area (Å²) in [6.07, 6.45) is 0.0458. The third-order valence-electron chi connectivity index (χ3n) is 2.91. The lowest BCUT2D eigenvalue weighted by molar-refractivity contribution is -0.137. The van der Waals surface area contributed by atoms with Gasteiger partial charge in [0.05, 0.1) is 6.42 Å². The highest BCUT2D eigenvalue weighted by Crippen LogP contribution is 2.23. The van der Waals surface area contributed by atoms with Gasteiger partial charge in [-0.15, -0.1) is 0 Å². The molecule has 1 aromatic carbocycles. The molecule has 0 bridgehead atoms. The van der Waals surface area contributed by atoms with E-state index in [-0.39, 0.29) is 17.8 Å². The number of carboxylic acid groups (broad SMARTS) is 1. The molecule has 0 amide bonds. The van der Waals surface area contributed by atoms with E-state index in [4.69, 9.17) is 16.7 Å². The average Bonchev–Trinajstić information content (AvgIpc) is 2.26. The van der Waals surface area contributed by atoms with Crippen LogP contribution in [0.25, 0.3) is 0 Å². The molecule has 0 fully saturated rings. The molecule has 0 aliphatic rings. The summed E-state index contributed by atoms with van der Waals surface area (Å²) in [6.45, 7) is 6.78. The van der Waals surface area contributed by atoms with Crippen LogP contribution >= 0.6 is 11.6 Å². The Balaban J connectivity index is 2.88. The zero-order chi connectivity index (χ0) is 14.6. The maximum Gasteiger partial charge on any atom is 0.304 e. The summed E-state index contributed by atoms with van der Waals surface area (Å²) in [6, 6.07) is 4.22. The maximum atomic E-state index is 13.2. The molecule has 0 heterocycles. The van der Waals surface area contributed by atoms with Crippen molar-refractivity contribution in [1.82, 2.24) is 4.90 Å². The van der Waals surface area contributed by atoms with Gasteiger partial charge in [0, 0.05) is 23.7 Å². The van der Waals surface area contributed by atoms with E-state index in [1.54, 1.807) is 0 Å². The topological polar surface area (TPSA) is 40.5 Å². The lowest BCUT2D eigenvalue weighted by Crippen LogP contribution is -2.42. The highest BCUT2D eigenvalue weighted by atomic mass is 35.5. The number of hydrogen-bond donors (Lipinski definition) is 1. The van der Waals surface area contributed by atoms with Crippen LogP contribution in [0.2, 0.25) is 5.02 Å². The molecule has 5 heteroatoms. The lowest BCUT2D eigenvalue weighted by atomic mass is 10.0. The Bertz CT molecular complexity index is 457. The molecule has 0 saturated carbocycles. The maximum absolute atomic E-state index is 13.2. The second-order valence-electron chi connectivity index (χ2n) is 5.47. The number of rotatable bonds is 5. The van der Waals surface area contributed by atoms with Gasteiger partial charge in [-0.3, -0.25) is 9.69 Å². The van der Waals surface area contributed by atoms with Crippen LogP contribution in [-0.4, -0.2) is 28.1 Å². The van der Waals surface area contributed by atoms with Gasteiger partial charge in [-0.2, -0.15) is 0 Å². The number of aliphatic carboxylic acids is 1. The number of hydrogen-bond acceptors (Lipinski definition) is 2. The zero-order valence-corrected chi connectivity index (χ0v) is 12.2. The van der Waals surface area contributed by atoms with E-state index in [2.05, 4.69) is 0 Å². The molecule has 1 aromatic rings. The molecule has 19 heavy (non-hydrogen) atoms. The molecule has 0 atom stereocenters. The van der Waals surface area contributed by atoms with Gasteiger partial charge in [0.15, 0.2) is 0 Å². The predicted octanol–water partition coefficient (Wildman–Crippen LogP) is 3.55. The van der Waals surface area contributed by atoms with Gasteiger partial charge in [-0.25, -0.2) is 4.39 Å². The number of benzene rings is 1. The summed E-state index contributed by atoms with van der Waals surface area (Å²) in [5, 5.41) is 9.27. The standard InChI is InChI=1S/C14H19ClFNO2/c1-14(2,3)17(7-6-13(18)19)9-10-8-11(16)4-5-12(10)15/h4-5,8H,6-7,9H2,1-3H3,(H,18,19). The fraction of sp³-hybridized carbons (Fsp3) is 0.500. The molecular formula is C14H19ClFNO2. The molecule has 0 aliphatic carbocycles. The minimum Gasteiger partial charge on any atom is -0.481 e. The number of carbonyl (C=O) groups is 1. The van der Waals surface area contributed by atoms with Crippen LogP contribution in [0.15, 0.2) is 18.2 Å². The van der Waals surface area contributed by atoms with E-state index in [0.717, 1.165) is 0 Å². The van der Waals surface area contributed by atoms with Crippen molar-refractivity contribution in [3.63, 3.8) is 0 Å². The van der Waals surface area contributed by atoms with E-state index in [0.29, 0.717) is 23.7 Å². The quantitative estimate of drug-likeness (QED) is 0.900. The van der Waals surface area contributed by atoms with E-state index >= 15 is 0 Å². The van der Waals surface area contributed by atoms with Gasteiger partial charge in [-0.05, 0) is 44.5 Å². The van der Waals surface area contributed by atoms with Crippen LogP contribution in [-0.2, 0) is 11.3 Å². The van der Waals surface area contributed by atoms with Crippen molar-refractivity contribution in [2.75, 3.05) is 6.54 Å².